The molecule has 0 spiro atoms. The van der Waals surface area contributed by atoms with E-state index in [1.807, 2.05) is 0 Å². The molecule has 0 atom stereocenters. The third-order valence-electron chi connectivity index (χ3n) is 0. The summed E-state index contributed by atoms with van der Waals surface area (Å²) in [6, 6.07) is 0. The fourth-order valence-electron chi connectivity index (χ4n) is 0. The molecule has 6 N–H and O–H groups in total. The summed E-state index contributed by atoms with van der Waals surface area (Å²) < 4.78 is 0. The van der Waals surface area contributed by atoms with Crippen LogP contribution in [0.3, 0.4) is 0 Å². The Hall–Kier alpha value is 0.750. The molecule has 0 unspecified atom stereocenters. The van der Waals surface area contributed by atoms with Crippen LogP contribution in [0.1, 0.15) is 0 Å². The van der Waals surface area contributed by atoms with Crippen LogP contribution in [0.5, 0.6) is 0 Å². The summed E-state index contributed by atoms with van der Waals surface area (Å²) in [5.41, 5.74) is 0. The molecule has 3 nitrogen and oxygen atoms in total. The van der Waals surface area contributed by atoms with Gasteiger partial charge in [0, 0.05) is 25.8 Å². The van der Waals surface area contributed by atoms with E-state index in [0.717, 1.165) is 0 Å². The zero-order valence-electron chi connectivity index (χ0n) is 2.00. The quantitative estimate of drug-likeness (QED) is 0.414. The van der Waals surface area contributed by atoms with Gasteiger partial charge in [0.1, 0.15) is 0 Å². The van der Waals surface area contributed by atoms with Gasteiger partial charge in [-0.15, -0.1) is 0 Å². The smallest absolute Gasteiger partial charge is 0 e. The molecule has 0 aromatic carbocycles. The average molecular weight is 233 g/mol. The van der Waals surface area contributed by atoms with E-state index in [1.165, 1.54) is 0 Å². The van der Waals surface area contributed by atoms with E-state index < -0.39 is 0 Å². The molecule has 0 bridgehead atoms. The van der Waals surface area contributed by atoms with E-state index >= 15 is 0 Å². The molecule has 0 aromatic rings. The van der Waals surface area contributed by atoms with Crippen molar-refractivity contribution in [3.8, 4) is 0 Å². The first kappa shape index (κ1) is 119. The third-order valence-corrected chi connectivity index (χ3v) is 0. The van der Waals surface area contributed by atoms with Gasteiger partial charge in [-0.1, -0.05) is 0 Å². The molecule has 0 aliphatic rings. The van der Waals surface area contributed by atoms with Crippen LogP contribution in [0.2, 0.25) is 0 Å². The van der Waals surface area contributed by atoms with Gasteiger partial charge in [0.05, 0.1) is 0 Å². The Balaban J connectivity index is 0. The second kappa shape index (κ2) is 50.4. The molecule has 0 aliphatic carbocycles. The molecule has 0 fully saturated rings. The Morgan fingerprint density at radius 3 is 0.500 bits per heavy atom. The van der Waals surface area contributed by atoms with E-state index in [1.54, 1.807) is 0 Å². The summed E-state index contributed by atoms with van der Waals surface area (Å²) in [5, 5.41) is 0. The van der Waals surface area contributed by atoms with Crippen molar-refractivity contribution in [1.29, 1.82) is 0 Å². The second-order valence-electron chi connectivity index (χ2n) is 0. The first-order chi connectivity index (χ1) is 0. The van der Waals surface area contributed by atoms with Crippen molar-refractivity contribution in [3.63, 3.8) is 0 Å². The van der Waals surface area contributed by atoms with Crippen molar-refractivity contribution in [1.82, 2.24) is 0 Å². The second-order valence-corrected chi connectivity index (χ2v) is 0. The Morgan fingerprint density at radius 2 is 0.500 bits per heavy atom. The Morgan fingerprint density at radius 1 is 0.500 bits per heavy atom. The normalized spacial score (nSPS) is 0. The molecule has 0 saturated heterocycles. The van der Waals surface area contributed by atoms with Crippen LogP contribution in [0, 0.1) is 0 Å². The van der Waals surface area contributed by atoms with Gasteiger partial charge < -0.3 is 16.4 Å². The molecule has 0 heterocycles. The maximum atomic E-state index is 0. The largest absolute Gasteiger partial charge is 0.412 e. The van der Waals surface area contributed by atoms with Crippen molar-refractivity contribution >= 4 is 0 Å². The molecule has 28 valence electrons. The summed E-state index contributed by atoms with van der Waals surface area (Å²) in [6.07, 6.45) is 0. The summed E-state index contributed by atoms with van der Waals surface area (Å²) in [4.78, 5) is 0. The summed E-state index contributed by atoms with van der Waals surface area (Å²) in [6.45, 7) is 0. The zero-order valence-corrected chi connectivity index (χ0v) is 5.59. The number of hydrogen-bond acceptors (Lipinski definition) is 0. The van der Waals surface area contributed by atoms with Crippen LogP contribution in [-0.2, 0) is 25.8 Å². The molecule has 0 aliphatic heterocycles. The van der Waals surface area contributed by atoms with Gasteiger partial charge in [0.25, 0.3) is 0 Å². The van der Waals surface area contributed by atoms with Gasteiger partial charge in [0.15, 0.2) is 0 Å². The Labute approximate surface area is 42.7 Å². The van der Waals surface area contributed by atoms with Crippen LogP contribution in [0.4, 0.5) is 0 Å². The maximum absolute atomic E-state index is 0. The van der Waals surface area contributed by atoms with Crippen LogP contribution in [-0.4, -0.2) is 16.4 Å². The number of hydrogen-bond donors (Lipinski definition) is 0. The molecular weight excluding hydrogens is 226 g/mol. The van der Waals surface area contributed by atoms with Gasteiger partial charge in [0.2, 0.25) is 0 Å². The van der Waals surface area contributed by atoms with Gasteiger partial charge >= 0.3 is 0 Å². The van der Waals surface area contributed by atoms with Crippen LogP contribution in [0.15, 0.2) is 0 Å². The van der Waals surface area contributed by atoms with Gasteiger partial charge in [-0.25, -0.2) is 0 Å². The standard InChI is InChI=1S/Hf.3H2O/h;3*1H2. The molecule has 0 saturated carbocycles. The molecule has 0 rings (SSSR count). The number of rotatable bonds is 0. The molecule has 0 radical (unpaired) electrons. The molecular formula is H6HfO3. The van der Waals surface area contributed by atoms with E-state index in [-0.39, 0.29) is 42.3 Å². The maximum Gasteiger partial charge on any atom is 0 e. The Kier molecular flexibility index (Phi) is 1500. The minimum absolute atomic E-state index is 0. The molecule has 4 heteroatoms. The van der Waals surface area contributed by atoms with Crippen LogP contribution in [0.25, 0.3) is 0 Å². The van der Waals surface area contributed by atoms with Gasteiger partial charge in [-0.2, -0.15) is 0 Å². The van der Waals surface area contributed by atoms with Crippen molar-refractivity contribution < 1.29 is 42.3 Å². The van der Waals surface area contributed by atoms with Gasteiger partial charge in [-0.05, 0) is 0 Å². The zero-order chi connectivity index (χ0) is 0. The van der Waals surface area contributed by atoms with E-state index in [4.69, 9.17) is 0 Å². The molecule has 4 heavy (non-hydrogen) atoms. The fraction of sp³-hybridized carbons (Fsp3) is 0. The van der Waals surface area contributed by atoms with Crippen molar-refractivity contribution in [2.45, 2.75) is 0 Å². The average Bonchev–Trinajstić information content (AvgIpc) is 0. The topological polar surface area (TPSA) is 94.5 Å². The Bertz CT molecular complexity index is 3.25. The minimum Gasteiger partial charge on any atom is -0.412 e. The van der Waals surface area contributed by atoms with Crippen molar-refractivity contribution in [3.05, 3.63) is 0 Å². The third kappa shape index (κ3) is 15.0. The van der Waals surface area contributed by atoms with Crippen molar-refractivity contribution in [2.24, 2.45) is 0 Å². The van der Waals surface area contributed by atoms with E-state index in [2.05, 4.69) is 0 Å². The predicted octanol–water partition coefficient (Wildman–Crippen LogP) is -2.48. The molecule has 0 aromatic heterocycles. The minimum atomic E-state index is 0. The summed E-state index contributed by atoms with van der Waals surface area (Å²) in [5.74, 6) is 0. The van der Waals surface area contributed by atoms with Crippen LogP contribution >= 0.6 is 0 Å². The molecule has 0 amide bonds. The van der Waals surface area contributed by atoms with Crippen molar-refractivity contribution in [2.75, 3.05) is 0 Å². The first-order valence-corrected chi connectivity index (χ1v) is 0. The predicted molar refractivity (Wildman–Crippen MR) is 10.8 cm³/mol. The SMILES string of the molecule is O.O.O.[Hf]. The van der Waals surface area contributed by atoms with E-state index in [0.29, 0.717) is 0 Å². The van der Waals surface area contributed by atoms with Crippen LogP contribution < -0.4 is 0 Å². The fourth-order valence-corrected chi connectivity index (χ4v) is 0. The van der Waals surface area contributed by atoms with E-state index in [9.17, 15) is 0 Å². The van der Waals surface area contributed by atoms with Gasteiger partial charge in [-0.3, -0.25) is 0 Å². The summed E-state index contributed by atoms with van der Waals surface area (Å²) in [7, 11) is 0. The monoisotopic (exact) mass is 234 g/mol. The first-order valence-electron chi connectivity index (χ1n) is 0. The summed E-state index contributed by atoms with van der Waals surface area (Å²) >= 11 is 0.